The molecule has 2 aromatic carbocycles. The molecule has 0 unspecified atom stereocenters. The van der Waals surface area contributed by atoms with Crippen molar-refractivity contribution in [2.75, 3.05) is 23.3 Å². The molecule has 0 radical (unpaired) electrons. The Balaban J connectivity index is 1.39. The van der Waals surface area contributed by atoms with Crippen LogP contribution in [0.15, 0.2) is 48.5 Å². The third-order valence-electron chi connectivity index (χ3n) is 4.95. The molecule has 0 spiro atoms. The molecule has 5 heteroatoms. The Labute approximate surface area is 147 Å². The van der Waals surface area contributed by atoms with Crippen LogP contribution < -0.4 is 10.2 Å². The van der Waals surface area contributed by atoms with Gasteiger partial charge in [0.05, 0.1) is 11.0 Å². The fourth-order valence-corrected chi connectivity index (χ4v) is 3.39. The molecule has 1 saturated heterocycles. The van der Waals surface area contributed by atoms with Crippen LogP contribution in [0.25, 0.3) is 11.0 Å². The van der Waals surface area contributed by atoms with Crippen LogP contribution in [0.1, 0.15) is 18.4 Å². The molecular weight excluding hydrogens is 312 g/mol. The van der Waals surface area contributed by atoms with E-state index < -0.39 is 0 Å². The molecule has 0 atom stereocenters. The van der Waals surface area contributed by atoms with E-state index >= 15 is 0 Å². The number of fused-ring (bicyclic) bond motifs is 1. The van der Waals surface area contributed by atoms with E-state index in [4.69, 9.17) is 0 Å². The molecule has 5 nitrogen and oxygen atoms in total. The summed E-state index contributed by atoms with van der Waals surface area (Å²) in [6, 6.07) is 16.0. The van der Waals surface area contributed by atoms with Crippen molar-refractivity contribution < 1.29 is 4.79 Å². The molecule has 2 heterocycles. The fourth-order valence-electron chi connectivity index (χ4n) is 3.39. The Morgan fingerprint density at radius 3 is 2.60 bits per heavy atom. The number of carbonyl (C=O) groups is 1. The van der Waals surface area contributed by atoms with Crippen molar-refractivity contribution in [2.45, 2.75) is 19.8 Å². The molecule has 1 aliphatic heterocycles. The van der Waals surface area contributed by atoms with Gasteiger partial charge in [-0.1, -0.05) is 30.3 Å². The van der Waals surface area contributed by atoms with Gasteiger partial charge in [-0.05, 0) is 43.5 Å². The Morgan fingerprint density at radius 1 is 1.12 bits per heavy atom. The smallest absolute Gasteiger partial charge is 0.227 e. The van der Waals surface area contributed by atoms with Gasteiger partial charge in [0.25, 0.3) is 0 Å². The predicted molar refractivity (Wildman–Crippen MR) is 101 cm³/mol. The van der Waals surface area contributed by atoms with E-state index in [9.17, 15) is 4.79 Å². The molecule has 128 valence electrons. The monoisotopic (exact) mass is 334 g/mol. The van der Waals surface area contributed by atoms with Crippen LogP contribution in [0, 0.1) is 12.8 Å². The van der Waals surface area contributed by atoms with E-state index in [-0.39, 0.29) is 11.8 Å². The minimum Gasteiger partial charge on any atom is -0.342 e. The number of H-pyrrole nitrogens is 1. The molecule has 1 fully saturated rings. The number of piperidine rings is 1. The number of aryl methyl sites for hydroxylation is 1. The zero-order chi connectivity index (χ0) is 17.2. The number of benzene rings is 2. The van der Waals surface area contributed by atoms with Gasteiger partial charge >= 0.3 is 0 Å². The summed E-state index contributed by atoms with van der Waals surface area (Å²) >= 11 is 0. The Bertz CT molecular complexity index is 860. The third-order valence-corrected chi connectivity index (χ3v) is 4.95. The van der Waals surface area contributed by atoms with Crippen LogP contribution in [0.5, 0.6) is 0 Å². The first kappa shape index (κ1) is 15.7. The lowest BCUT2D eigenvalue weighted by Gasteiger charge is -2.31. The van der Waals surface area contributed by atoms with Crippen molar-refractivity contribution in [2.24, 2.45) is 5.92 Å². The Hall–Kier alpha value is -2.82. The van der Waals surface area contributed by atoms with E-state index in [0.29, 0.717) is 0 Å². The number of hydrogen-bond donors (Lipinski definition) is 2. The highest BCUT2D eigenvalue weighted by Gasteiger charge is 2.26. The summed E-state index contributed by atoms with van der Waals surface area (Å²) in [5.74, 6) is 1.08. The first-order valence-corrected chi connectivity index (χ1v) is 8.77. The molecular formula is C20H22N4O. The maximum atomic E-state index is 12.6. The number of aromatic amines is 1. The Morgan fingerprint density at radius 2 is 1.84 bits per heavy atom. The Kier molecular flexibility index (Phi) is 4.14. The number of nitrogens with zero attached hydrogens (tertiary/aromatic N) is 2. The summed E-state index contributed by atoms with van der Waals surface area (Å²) in [6.07, 6.45) is 1.68. The number of imidazole rings is 1. The molecule has 1 amide bonds. The molecule has 4 rings (SSSR count). The fraction of sp³-hybridized carbons (Fsp3) is 0.300. The molecule has 0 saturated carbocycles. The van der Waals surface area contributed by atoms with Crippen LogP contribution in [0.3, 0.4) is 0 Å². The summed E-state index contributed by atoms with van der Waals surface area (Å²) < 4.78 is 0. The lowest BCUT2D eigenvalue weighted by molar-refractivity contribution is -0.120. The van der Waals surface area contributed by atoms with Crippen LogP contribution in [0.4, 0.5) is 11.6 Å². The van der Waals surface area contributed by atoms with Crippen LogP contribution in [0.2, 0.25) is 0 Å². The molecule has 0 bridgehead atoms. The second kappa shape index (κ2) is 6.59. The van der Waals surface area contributed by atoms with E-state index in [1.807, 2.05) is 55.5 Å². The first-order valence-electron chi connectivity index (χ1n) is 8.77. The van der Waals surface area contributed by atoms with Crippen LogP contribution >= 0.6 is 0 Å². The number of aromatic nitrogens is 2. The van der Waals surface area contributed by atoms with Gasteiger partial charge in [-0.25, -0.2) is 4.98 Å². The summed E-state index contributed by atoms with van der Waals surface area (Å²) in [7, 11) is 0. The van der Waals surface area contributed by atoms with Crippen molar-refractivity contribution in [3.05, 3.63) is 54.1 Å². The number of carbonyl (C=O) groups excluding carboxylic acids is 1. The average molecular weight is 334 g/mol. The molecule has 1 aromatic heterocycles. The second-order valence-electron chi connectivity index (χ2n) is 6.64. The third kappa shape index (κ3) is 3.22. The van der Waals surface area contributed by atoms with Crippen molar-refractivity contribution in [3.63, 3.8) is 0 Å². The van der Waals surface area contributed by atoms with E-state index in [1.54, 1.807) is 0 Å². The lowest BCUT2D eigenvalue weighted by Crippen LogP contribution is -2.38. The van der Waals surface area contributed by atoms with Gasteiger partial charge in [-0.2, -0.15) is 0 Å². The van der Waals surface area contributed by atoms with E-state index in [2.05, 4.69) is 20.2 Å². The second-order valence-corrected chi connectivity index (χ2v) is 6.64. The highest BCUT2D eigenvalue weighted by Crippen LogP contribution is 2.25. The molecule has 2 N–H and O–H groups in total. The van der Waals surface area contributed by atoms with E-state index in [0.717, 1.165) is 54.2 Å². The number of amides is 1. The van der Waals surface area contributed by atoms with Gasteiger partial charge < -0.3 is 15.2 Å². The SMILES string of the molecule is Cc1ccccc1NC(=O)C1CCN(c2nc3ccccc3[nH]2)CC1. The minimum absolute atomic E-state index is 0.0558. The molecule has 1 aliphatic rings. The van der Waals surface area contributed by atoms with Crippen molar-refractivity contribution >= 4 is 28.6 Å². The van der Waals surface area contributed by atoms with Crippen molar-refractivity contribution in [1.29, 1.82) is 0 Å². The van der Waals surface area contributed by atoms with Gasteiger partial charge in [0.1, 0.15) is 0 Å². The van der Waals surface area contributed by atoms with Crippen LogP contribution in [-0.2, 0) is 4.79 Å². The van der Waals surface area contributed by atoms with Gasteiger partial charge in [-0.3, -0.25) is 4.79 Å². The van der Waals surface area contributed by atoms with Gasteiger partial charge in [0.2, 0.25) is 11.9 Å². The number of hydrogen-bond acceptors (Lipinski definition) is 3. The van der Waals surface area contributed by atoms with Gasteiger partial charge in [0, 0.05) is 24.7 Å². The van der Waals surface area contributed by atoms with Crippen LogP contribution in [-0.4, -0.2) is 29.0 Å². The minimum atomic E-state index is 0.0558. The highest BCUT2D eigenvalue weighted by atomic mass is 16.1. The number of anilines is 2. The lowest BCUT2D eigenvalue weighted by atomic mass is 9.96. The van der Waals surface area contributed by atoms with Gasteiger partial charge in [-0.15, -0.1) is 0 Å². The van der Waals surface area contributed by atoms with Gasteiger partial charge in [0.15, 0.2) is 0 Å². The van der Waals surface area contributed by atoms with Crippen molar-refractivity contribution in [1.82, 2.24) is 9.97 Å². The predicted octanol–water partition coefficient (Wildman–Crippen LogP) is 3.73. The van der Waals surface area contributed by atoms with E-state index in [1.165, 1.54) is 0 Å². The summed E-state index contributed by atoms with van der Waals surface area (Å²) in [5, 5.41) is 3.08. The zero-order valence-electron chi connectivity index (χ0n) is 14.3. The maximum Gasteiger partial charge on any atom is 0.227 e. The number of para-hydroxylation sites is 3. The highest BCUT2D eigenvalue weighted by molar-refractivity contribution is 5.93. The normalized spacial score (nSPS) is 15.5. The molecule has 0 aliphatic carbocycles. The first-order chi connectivity index (χ1) is 12.2. The standard InChI is InChI=1S/C20H22N4O/c1-14-6-2-3-7-16(14)21-19(25)15-10-12-24(13-11-15)20-22-17-8-4-5-9-18(17)23-20/h2-9,15H,10-13H2,1H3,(H,21,25)(H,22,23). The number of rotatable bonds is 3. The summed E-state index contributed by atoms with van der Waals surface area (Å²) in [4.78, 5) is 22.8. The average Bonchev–Trinajstić information content (AvgIpc) is 3.08. The number of nitrogens with one attached hydrogen (secondary N) is 2. The van der Waals surface area contributed by atoms with Crippen molar-refractivity contribution in [3.8, 4) is 0 Å². The molecule has 25 heavy (non-hydrogen) atoms. The molecule has 3 aromatic rings. The summed E-state index contributed by atoms with van der Waals surface area (Å²) in [5.41, 5.74) is 4.04. The largest absolute Gasteiger partial charge is 0.342 e. The maximum absolute atomic E-state index is 12.6. The summed E-state index contributed by atoms with van der Waals surface area (Å²) in [6.45, 7) is 3.69. The zero-order valence-corrected chi connectivity index (χ0v) is 14.3. The topological polar surface area (TPSA) is 61.0 Å². The quantitative estimate of drug-likeness (QED) is 0.767.